The van der Waals surface area contributed by atoms with Crippen molar-refractivity contribution < 1.29 is 9.72 Å². The summed E-state index contributed by atoms with van der Waals surface area (Å²) in [5.74, 6) is 0.744. The van der Waals surface area contributed by atoms with E-state index in [1.165, 1.54) is 18.2 Å². The van der Waals surface area contributed by atoms with E-state index in [-0.39, 0.29) is 22.2 Å². The fourth-order valence-corrected chi connectivity index (χ4v) is 2.34. The van der Waals surface area contributed by atoms with Crippen LogP contribution >= 0.6 is 23.4 Å². The molecule has 0 saturated carbocycles. The van der Waals surface area contributed by atoms with Crippen LogP contribution in [-0.2, 0) is 0 Å². The van der Waals surface area contributed by atoms with E-state index in [9.17, 15) is 14.9 Å². The van der Waals surface area contributed by atoms with Gasteiger partial charge in [0.2, 0.25) is 0 Å². The number of rotatable bonds is 8. The molecule has 0 saturated heterocycles. The molecule has 0 aromatic heterocycles. The summed E-state index contributed by atoms with van der Waals surface area (Å²) in [7, 11) is 0. The lowest BCUT2D eigenvalue weighted by Crippen LogP contribution is -2.24. The molecule has 0 heterocycles. The Labute approximate surface area is 127 Å². The molecule has 0 fully saturated rings. The van der Waals surface area contributed by atoms with Gasteiger partial charge < -0.3 is 5.32 Å². The van der Waals surface area contributed by atoms with Crippen LogP contribution in [0.15, 0.2) is 18.2 Å². The molecular weight excluding hydrogens is 300 g/mol. The van der Waals surface area contributed by atoms with Crippen LogP contribution in [0.25, 0.3) is 0 Å². The molecule has 0 spiro atoms. The molecule has 1 amide bonds. The van der Waals surface area contributed by atoms with Gasteiger partial charge in [-0.15, -0.1) is 0 Å². The quantitative estimate of drug-likeness (QED) is 0.452. The molecule has 20 heavy (non-hydrogen) atoms. The first-order chi connectivity index (χ1) is 9.56. The predicted molar refractivity (Wildman–Crippen MR) is 82.7 cm³/mol. The van der Waals surface area contributed by atoms with E-state index >= 15 is 0 Å². The first-order valence-electron chi connectivity index (χ1n) is 6.27. The summed E-state index contributed by atoms with van der Waals surface area (Å²) in [6, 6.07) is 3.85. The number of thioether (sulfide) groups is 1. The van der Waals surface area contributed by atoms with Crippen molar-refractivity contribution in [3.05, 3.63) is 38.9 Å². The zero-order valence-corrected chi connectivity index (χ0v) is 12.8. The van der Waals surface area contributed by atoms with Gasteiger partial charge in [-0.25, -0.2) is 0 Å². The minimum atomic E-state index is -0.546. The number of carbonyl (C=O) groups is 1. The van der Waals surface area contributed by atoms with E-state index in [0.717, 1.165) is 25.0 Å². The Morgan fingerprint density at radius 1 is 1.40 bits per heavy atom. The molecule has 0 atom stereocenters. The molecule has 1 N–H and O–H groups in total. The van der Waals surface area contributed by atoms with Gasteiger partial charge in [0.1, 0.15) is 0 Å². The largest absolute Gasteiger partial charge is 0.352 e. The number of amides is 1. The molecule has 0 aliphatic rings. The smallest absolute Gasteiger partial charge is 0.270 e. The zero-order chi connectivity index (χ0) is 15.0. The topological polar surface area (TPSA) is 72.2 Å². The van der Waals surface area contributed by atoms with Gasteiger partial charge in [0.25, 0.3) is 11.6 Å². The zero-order valence-electron chi connectivity index (χ0n) is 11.2. The number of nitro benzene ring substituents is 1. The molecule has 5 nitrogen and oxygen atoms in total. The SMILES string of the molecule is CSCCCCCNC(=O)c1cc([N+](=O)[O-])ccc1Cl. The lowest BCUT2D eigenvalue weighted by Gasteiger charge is -2.06. The number of nitrogens with one attached hydrogen (secondary N) is 1. The van der Waals surface area contributed by atoms with Crippen LogP contribution in [0.5, 0.6) is 0 Å². The van der Waals surface area contributed by atoms with Crippen molar-refractivity contribution in [2.24, 2.45) is 0 Å². The van der Waals surface area contributed by atoms with E-state index < -0.39 is 4.92 Å². The minimum absolute atomic E-state index is 0.139. The van der Waals surface area contributed by atoms with Crippen molar-refractivity contribution in [1.29, 1.82) is 0 Å². The van der Waals surface area contributed by atoms with Gasteiger partial charge >= 0.3 is 0 Å². The normalized spacial score (nSPS) is 10.3. The van der Waals surface area contributed by atoms with E-state index in [0.29, 0.717) is 6.54 Å². The molecule has 1 aromatic carbocycles. The fraction of sp³-hybridized carbons (Fsp3) is 0.462. The van der Waals surface area contributed by atoms with Gasteiger partial charge in [-0.1, -0.05) is 18.0 Å². The summed E-state index contributed by atoms with van der Waals surface area (Å²) in [6.07, 6.45) is 5.11. The Morgan fingerprint density at radius 2 is 2.15 bits per heavy atom. The molecule has 0 unspecified atom stereocenters. The maximum Gasteiger partial charge on any atom is 0.270 e. The number of nitro groups is 1. The first kappa shape index (κ1) is 16.8. The number of benzene rings is 1. The van der Waals surface area contributed by atoms with Gasteiger partial charge in [0.05, 0.1) is 15.5 Å². The molecule has 0 aliphatic carbocycles. The average molecular weight is 317 g/mol. The van der Waals surface area contributed by atoms with Gasteiger partial charge in [-0.3, -0.25) is 14.9 Å². The molecule has 0 aliphatic heterocycles. The fourth-order valence-electron chi connectivity index (χ4n) is 1.65. The van der Waals surface area contributed by atoms with Crippen molar-refractivity contribution in [3.63, 3.8) is 0 Å². The summed E-state index contributed by atoms with van der Waals surface area (Å²) in [5, 5.41) is 13.6. The number of hydrogen-bond acceptors (Lipinski definition) is 4. The highest BCUT2D eigenvalue weighted by Gasteiger charge is 2.15. The maximum absolute atomic E-state index is 11.9. The molecule has 0 bridgehead atoms. The molecular formula is C13H17ClN2O3S. The average Bonchev–Trinajstić information content (AvgIpc) is 2.42. The first-order valence-corrected chi connectivity index (χ1v) is 8.04. The standard InChI is InChI=1S/C13H17ClN2O3S/c1-20-8-4-2-3-7-15-13(17)11-9-10(16(18)19)5-6-12(11)14/h5-6,9H,2-4,7-8H2,1H3,(H,15,17). The summed E-state index contributed by atoms with van der Waals surface area (Å²) in [5.41, 5.74) is 0.00417. The molecule has 0 radical (unpaired) electrons. The molecule has 1 rings (SSSR count). The predicted octanol–water partition coefficient (Wildman–Crippen LogP) is 3.51. The molecule has 110 valence electrons. The Hall–Kier alpha value is -1.27. The number of hydrogen-bond donors (Lipinski definition) is 1. The van der Waals surface area contributed by atoms with Crippen molar-refractivity contribution >= 4 is 35.0 Å². The summed E-state index contributed by atoms with van der Waals surface area (Å²) >= 11 is 7.69. The lowest BCUT2D eigenvalue weighted by atomic mass is 10.2. The van der Waals surface area contributed by atoms with Gasteiger partial charge in [0, 0.05) is 18.7 Å². The van der Waals surface area contributed by atoms with Gasteiger partial charge in [0.15, 0.2) is 0 Å². The van der Waals surface area contributed by atoms with Crippen LogP contribution < -0.4 is 5.32 Å². The number of nitrogens with zero attached hydrogens (tertiary/aromatic N) is 1. The number of carbonyl (C=O) groups excluding carboxylic acids is 1. The Kier molecular flexibility index (Phi) is 7.40. The van der Waals surface area contributed by atoms with Crippen LogP contribution in [0.4, 0.5) is 5.69 Å². The minimum Gasteiger partial charge on any atom is -0.352 e. The Balaban J connectivity index is 2.50. The van der Waals surface area contributed by atoms with Crippen molar-refractivity contribution in [3.8, 4) is 0 Å². The van der Waals surface area contributed by atoms with Crippen LogP contribution in [-0.4, -0.2) is 29.4 Å². The lowest BCUT2D eigenvalue weighted by molar-refractivity contribution is -0.384. The van der Waals surface area contributed by atoms with Crippen molar-refractivity contribution in [2.75, 3.05) is 18.6 Å². The summed E-state index contributed by atoms with van der Waals surface area (Å²) in [4.78, 5) is 22.0. The Morgan fingerprint density at radius 3 is 2.80 bits per heavy atom. The number of non-ortho nitro benzene ring substituents is 1. The highest BCUT2D eigenvalue weighted by molar-refractivity contribution is 7.98. The molecule has 7 heteroatoms. The van der Waals surface area contributed by atoms with E-state index in [1.54, 1.807) is 11.8 Å². The second kappa shape index (κ2) is 8.81. The Bertz CT molecular complexity index is 483. The second-order valence-electron chi connectivity index (χ2n) is 4.23. The monoisotopic (exact) mass is 316 g/mol. The van der Waals surface area contributed by atoms with E-state index in [1.807, 2.05) is 0 Å². The second-order valence-corrected chi connectivity index (χ2v) is 5.62. The van der Waals surface area contributed by atoms with Gasteiger partial charge in [-0.05, 0) is 30.9 Å². The van der Waals surface area contributed by atoms with Gasteiger partial charge in [-0.2, -0.15) is 11.8 Å². The third kappa shape index (κ3) is 5.38. The number of unbranched alkanes of at least 4 members (excludes halogenated alkanes) is 2. The van der Waals surface area contributed by atoms with Crippen LogP contribution in [0.1, 0.15) is 29.6 Å². The van der Waals surface area contributed by atoms with Crippen LogP contribution in [0, 0.1) is 10.1 Å². The highest BCUT2D eigenvalue weighted by atomic mass is 35.5. The third-order valence-corrected chi connectivity index (χ3v) is 3.74. The molecule has 1 aromatic rings. The van der Waals surface area contributed by atoms with Crippen molar-refractivity contribution in [1.82, 2.24) is 5.32 Å². The summed E-state index contributed by atoms with van der Waals surface area (Å²) in [6.45, 7) is 0.548. The third-order valence-electron chi connectivity index (χ3n) is 2.72. The van der Waals surface area contributed by atoms with Crippen molar-refractivity contribution in [2.45, 2.75) is 19.3 Å². The van der Waals surface area contributed by atoms with E-state index in [2.05, 4.69) is 11.6 Å². The maximum atomic E-state index is 11.9. The van der Waals surface area contributed by atoms with Crippen LogP contribution in [0.3, 0.4) is 0 Å². The summed E-state index contributed by atoms with van der Waals surface area (Å²) < 4.78 is 0. The van der Waals surface area contributed by atoms with E-state index in [4.69, 9.17) is 11.6 Å². The van der Waals surface area contributed by atoms with Crippen LogP contribution in [0.2, 0.25) is 5.02 Å². The highest BCUT2D eigenvalue weighted by Crippen LogP contribution is 2.21. The number of halogens is 1.